The third kappa shape index (κ3) is 4.27. The number of halogens is 4. The summed E-state index contributed by atoms with van der Waals surface area (Å²) in [6, 6.07) is 2.44. The lowest BCUT2D eigenvalue weighted by Crippen LogP contribution is -2.29. The van der Waals surface area contributed by atoms with Crippen LogP contribution < -0.4 is 5.48 Å². The number of aromatic hydroxyl groups is 1. The Morgan fingerprint density at radius 3 is 2.59 bits per heavy atom. The molecule has 1 aromatic carbocycles. The van der Waals surface area contributed by atoms with Gasteiger partial charge in [0.25, 0.3) is 5.91 Å². The lowest BCUT2D eigenvalue weighted by atomic mass is 10.2. The van der Waals surface area contributed by atoms with Crippen LogP contribution in [0.3, 0.4) is 0 Å². The highest BCUT2D eigenvalue weighted by Gasteiger charge is 2.28. The van der Waals surface area contributed by atoms with Gasteiger partial charge in [0.05, 0.1) is 5.56 Å². The summed E-state index contributed by atoms with van der Waals surface area (Å²) in [4.78, 5) is 15.0. The molecule has 2 N–H and O–H groups in total. The Bertz CT molecular complexity index is 419. The maximum absolute atomic E-state index is 12.5. The first-order valence-electron chi connectivity index (χ1n) is 4.27. The second-order valence-electron chi connectivity index (χ2n) is 3.00. The molecule has 8 heteroatoms. The van der Waals surface area contributed by atoms with Crippen molar-refractivity contribution >= 4 is 5.91 Å². The summed E-state index contributed by atoms with van der Waals surface area (Å²) in [5.74, 6) is -2.58. The molecule has 94 valence electrons. The second-order valence-corrected chi connectivity index (χ2v) is 3.00. The van der Waals surface area contributed by atoms with Crippen molar-refractivity contribution in [3.8, 4) is 5.75 Å². The average molecular weight is 253 g/mol. The zero-order chi connectivity index (χ0) is 13.1. The monoisotopic (exact) mass is 253 g/mol. The summed E-state index contributed by atoms with van der Waals surface area (Å²) in [6.07, 6.45) is -4.59. The standard InChI is InChI=1S/C9H7F4NO3/c10-5-1-2-6(7(15)3-5)8(16)14-17-4-9(11,12)13/h1-3,15H,4H2,(H,14,16). The molecular formula is C9H7F4NO3. The fraction of sp³-hybridized carbons (Fsp3) is 0.222. The summed E-state index contributed by atoms with van der Waals surface area (Å²) < 4.78 is 47.5. The topological polar surface area (TPSA) is 58.6 Å². The van der Waals surface area contributed by atoms with Crippen LogP contribution in [-0.2, 0) is 4.84 Å². The first-order chi connectivity index (χ1) is 7.79. The highest BCUT2D eigenvalue weighted by molar-refractivity contribution is 5.96. The van der Waals surface area contributed by atoms with Crippen LogP contribution in [0, 0.1) is 5.82 Å². The van der Waals surface area contributed by atoms with Crippen molar-refractivity contribution in [1.29, 1.82) is 0 Å². The smallest absolute Gasteiger partial charge is 0.414 e. The summed E-state index contributed by atoms with van der Waals surface area (Å²) >= 11 is 0. The molecule has 1 rings (SSSR count). The molecule has 0 saturated heterocycles. The van der Waals surface area contributed by atoms with Crippen molar-refractivity contribution in [3.05, 3.63) is 29.6 Å². The molecule has 0 aromatic heterocycles. The number of alkyl halides is 3. The summed E-state index contributed by atoms with van der Waals surface area (Å²) in [5, 5.41) is 9.14. The number of amides is 1. The van der Waals surface area contributed by atoms with Crippen molar-refractivity contribution < 1.29 is 32.3 Å². The molecule has 0 aliphatic heterocycles. The predicted molar refractivity (Wildman–Crippen MR) is 47.5 cm³/mol. The molecule has 0 radical (unpaired) electrons. The molecule has 0 unspecified atom stereocenters. The third-order valence-electron chi connectivity index (χ3n) is 1.61. The van der Waals surface area contributed by atoms with Crippen molar-refractivity contribution in [2.24, 2.45) is 0 Å². The Kier molecular flexibility index (Phi) is 3.89. The fourth-order valence-corrected chi connectivity index (χ4v) is 0.935. The maximum atomic E-state index is 12.5. The minimum atomic E-state index is -4.59. The average Bonchev–Trinajstić information content (AvgIpc) is 2.15. The van der Waals surface area contributed by atoms with E-state index in [0.717, 1.165) is 12.1 Å². The SMILES string of the molecule is O=C(NOCC(F)(F)F)c1ccc(F)cc1O. The molecule has 0 heterocycles. The van der Waals surface area contributed by atoms with E-state index in [4.69, 9.17) is 5.11 Å². The van der Waals surface area contributed by atoms with E-state index in [1.54, 1.807) is 0 Å². The van der Waals surface area contributed by atoms with Gasteiger partial charge in [0.1, 0.15) is 11.6 Å². The lowest BCUT2D eigenvalue weighted by molar-refractivity contribution is -0.184. The molecule has 0 spiro atoms. The van der Waals surface area contributed by atoms with E-state index in [1.165, 1.54) is 5.48 Å². The van der Waals surface area contributed by atoms with Crippen LogP contribution in [0.25, 0.3) is 0 Å². The quantitative estimate of drug-likeness (QED) is 0.637. The molecule has 0 atom stereocenters. The summed E-state index contributed by atoms with van der Waals surface area (Å²) in [6.45, 7) is -1.67. The third-order valence-corrected chi connectivity index (χ3v) is 1.61. The van der Waals surface area contributed by atoms with Gasteiger partial charge in [-0.15, -0.1) is 0 Å². The first-order valence-corrected chi connectivity index (χ1v) is 4.27. The van der Waals surface area contributed by atoms with Gasteiger partial charge in [0.2, 0.25) is 0 Å². The lowest BCUT2D eigenvalue weighted by Gasteiger charge is -2.09. The number of phenols is 1. The minimum absolute atomic E-state index is 0.395. The zero-order valence-corrected chi connectivity index (χ0v) is 8.21. The zero-order valence-electron chi connectivity index (χ0n) is 8.21. The number of rotatable bonds is 3. The normalized spacial score (nSPS) is 11.3. The van der Waals surface area contributed by atoms with Gasteiger partial charge in [-0.25, -0.2) is 9.87 Å². The van der Waals surface area contributed by atoms with Gasteiger partial charge in [-0.2, -0.15) is 13.2 Å². The second kappa shape index (κ2) is 5.00. The fourth-order valence-electron chi connectivity index (χ4n) is 0.935. The Labute approximate surface area is 92.8 Å². The Hall–Kier alpha value is -1.83. The Morgan fingerprint density at radius 1 is 1.41 bits per heavy atom. The van der Waals surface area contributed by atoms with Gasteiger partial charge in [0, 0.05) is 6.07 Å². The van der Waals surface area contributed by atoms with Gasteiger partial charge < -0.3 is 5.11 Å². The van der Waals surface area contributed by atoms with E-state index in [0.29, 0.717) is 6.07 Å². The van der Waals surface area contributed by atoms with E-state index < -0.39 is 35.8 Å². The van der Waals surface area contributed by atoms with E-state index in [1.807, 2.05) is 0 Å². The van der Waals surface area contributed by atoms with E-state index in [9.17, 15) is 22.4 Å². The van der Waals surface area contributed by atoms with E-state index in [2.05, 4.69) is 4.84 Å². The number of hydrogen-bond acceptors (Lipinski definition) is 3. The number of phenolic OH excluding ortho intramolecular Hbond substituents is 1. The highest BCUT2D eigenvalue weighted by atomic mass is 19.4. The van der Waals surface area contributed by atoms with Gasteiger partial charge in [-0.1, -0.05) is 0 Å². The van der Waals surface area contributed by atoms with Crippen LogP contribution in [0.15, 0.2) is 18.2 Å². The number of hydroxylamine groups is 1. The van der Waals surface area contributed by atoms with Crippen LogP contribution in [0.4, 0.5) is 17.6 Å². The van der Waals surface area contributed by atoms with Gasteiger partial charge in [-0.05, 0) is 12.1 Å². The molecule has 4 nitrogen and oxygen atoms in total. The molecule has 0 aliphatic carbocycles. The van der Waals surface area contributed by atoms with E-state index >= 15 is 0 Å². The molecular weight excluding hydrogens is 246 g/mol. The number of carbonyl (C=O) groups is 1. The number of benzene rings is 1. The Morgan fingerprint density at radius 2 is 2.06 bits per heavy atom. The molecule has 17 heavy (non-hydrogen) atoms. The Balaban J connectivity index is 2.59. The van der Waals surface area contributed by atoms with Crippen LogP contribution in [-0.4, -0.2) is 23.8 Å². The van der Waals surface area contributed by atoms with Gasteiger partial charge >= 0.3 is 6.18 Å². The predicted octanol–water partition coefficient (Wildman–Crippen LogP) is 1.75. The number of hydrogen-bond donors (Lipinski definition) is 2. The van der Waals surface area contributed by atoms with Crippen LogP contribution in [0.5, 0.6) is 5.75 Å². The molecule has 0 bridgehead atoms. The van der Waals surface area contributed by atoms with E-state index in [-0.39, 0.29) is 0 Å². The molecule has 0 saturated carbocycles. The van der Waals surface area contributed by atoms with Crippen molar-refractivity contribution in [2.45, 2.75) is 6.18 Å². The van der Waals surface area contributed by atoms with Crippen LogP contribution in [0.1, 0.15) is 10.4 Å². The first kappa shape index (κ1) is 13.2. The van der Waals surface area contributed by atoms with Gasteiger partial charge in [0.15, 0.2) is 6.61 Å². The van der Waals surface area contributed by atoms with Crippen LogP contribution in [0.2, 0.25) is 0 Å². The maximum Gasteiger partial charge on any atom is 0.414 e. The highest BCUT2D eigenvalue weighted by Crippen LogP contribution is 2.18. The van der Waals surface area contributed by atoms with Crippen molar-refractivity contribution in [2.75, 3.05) is 6.61 Å². The summed E-state index contributed by atoms with van der Waals surface area (Å²) in [7, 11) is 0. The van der Waals surface area contributed by atoms with Crippen LogP contribution >= 0.6 is 0 Å². The van der Waals surface area contributed by atoms with Crippen molar-refractivity contribution in [1.82, 2.24) is 5.48 Å². The molecule has 0 aliphatic rings. The molecule has 1 amide bonds. The molecule has 1 aromatic rings. The minimum Gasteiger partial charge on any atom is -0.507 e. The van der Waals surface area contributed by atoms with Crippen molar-refractivity contribution in [3.63, 3.8) is 0 Å². The number of carbonyl (C=O) groups excluding carboxylic acids is 1. The largest absolute Gasteiger partial charge is 0.507 e. The van der Waals surface area contributed by atoms with Gasteiger partial charge in [-0.3, -0.25) is 9.63 Å². The summed E-state index contributed by atoms with van der Waals surface area (Å²) in [5.41, 5.74) is 1.08. The number of nitrogens with one attached hydrogen (secondary N) is 1. The molecule has 0 fully saturated rings.